The van der Waals surface area contributed by atoms with Gasteiger partial charge in [-0.25, -0.2) is 0 Å². The first kappa shape index (κ1) is 19.5. The Morgan fingerprint density at radius 3 is 2.45 bits per heavy atom. The Balaban J connectivity index is 1.60. The van der Waals surface area contributed by atoms with Crippen molar-refractivity contribution in [1.29, 1.82) is 0 Å². The summed E-state index contributed by atoms with van der Waals surface area (Å²) in [5.74, 6) is 1.27. The molecule has 0 heterocycles. The minimum atomic E-state index is -1.03. The van der Waals surface area contributed by atoms with Gasteiger partial charge < -0.3 is 4.74 Å². The molecule has 0 aromatic carbocycles. The molecule has 5 rings (SSSR count). The zero-order valence-electron chi connectivity index (χ0n) is 17.6. The number of hydrogen-bond donors (Lipinski definition) is 0. The van der Waals surface area contributed by atoms with Gasteiger partial charge in [0.15, 0.2) is 17.2 Å². The number of carbonyl (C=O) groups excluding carboxylic acids is 3. The number of rotatable bonds is 2. The monoisotopic (exact) mass is 416 g/mol. The first-order chi connectivity index (χ1) is 13.6. The maximum Gasteiger partial charge on any atom is 0.303 e. The topological polar surface area (TPSA) is 60.4 Å². The van der Waals surface area contributed by atoms with Crippen LogP contribution in [0.3, 0.4) is 0 Å². The third kappa shape index (κ3) is 2.24. The Hall–Kier alpha value is -1.42. The molecule has 0 amide bonds. The molecule has 5 aliphatic carbocycles. The number of allylic oxidation sites excluding steroid dienone is 4. The van der Waals surface area contributed by atoms with Crippen LogP contribution in [0.1, 0.15) is 59.8 Å². The first-order valence-corrected chi connectivity index (χ1v) is 11.3. The van der Waals surface area contributed by atoms with Crippen molar-refractivity contribution in [2.75, 3.05) is 0 Å². The van der Waals surface area contributed by atoms with E-state index in [0.29, 0.717) is 23.3 Å². The van der Waals surface area contributed by atoms with Gasteiger partial charge in [0.1, 0.15) is 0 Å². The van der Waals surface area contributed by atoms with Gasteiger partial charge in [-0.15, -0.1) is 0 Å². The highest BCUT2D eigenvalue weighted by Crippen LogP contribution is 2.72. The third-order valence-electron chi connectivity index (χ3n) is 9.50. The lowest BCUT2D eigenvalue weighted by atomic mass is 9.47. The van der Waals surface area contributed by atoms with Crippen LogP contribution in [0.4, 0.5) is 0 Å². The lowest BCUT2D eigenvalue weighted by Crippen LogP contribution is -2.58. The van der Waals surface area contributed by atoms with Crippen LogP contribution < -0.4 is 0 Å². The Bertz CT molecular complexity index is 903. The second kappa shape index (κ2) is 5.84. The van der Waals surface area contributed by atoms with Crippen molar-refractivity contribution in [3.63, 3.8) is 0 Å². The van der Waals surface area contributed by atoms with Gasteiger partial charge in [0.2, 0.25) is 0 Å². The summed E-state index contributed by atoms with van der Waals surface area (Å²) in [6, 6.07) is 0. The lowest BCUT2D eigenvalue weighted by molar-refractivity contribution is -0.185. The molecule has 29 heavy (non-hydrogen) atoms. The average Bonchev–Trinajstić information content (AvgIpc) is 3.39. The fourth-order valence-corrected chi connectivity index (χ4v) is 8.43. The minimum Gasteiger partial charge on any atom is -0.451 e. The second-order valence-corrected chi connectivity index (χ2v) is 10.9. The molecule has 0 bridgehead atoms. The van der Waals surface area contributed by atoms with Gasteiger partial charge in [-0.2, -0.15) is 0 Å². The molecule has 0 aromatic heterocycles. The Labute approximate surface area is 177 Å². The van der Waals surface area contributed by atoms with Gasteiger partial charge in [-0.05, 0) is 74.3 Å². The molecule has 0 radical (unpaired) electrons. The Morgan fingerprint density at radius 2 is 1.79 bits per heavy atom. The predicted molar refractivity (Wildman–Crippen MR) is 109 cm³/mol. The standard InChI is InChI=1S/C24H29ClO4/c1-12(26)24(29-13(2)27)8-6-16-14-10-20(25)19-11-21(28)15-9-18(15)23(19,4)17(14)5-7-22(16,24)3/h10-11,14-18H,5-9H2,1-4H3/t14-,15-,16-,17+,18+,22-,23+,24-/m0/s1. The van der Waals surface area contributed by atoms with Crippen molar-refractivity contribution >= 4 is 29.1 Å². The molecular weight excluding hydrogens is 388 g/mol. The third-order valence-corrected chi connectivity index (χ3v) is 9.83. The summed E-state index contributed by atoms with van der Waals surface area (Å²) in [7, 11) is 0. The minimum absolute atomic E-state index is 0.0423. The van der Waals surface area contributed by atoms with Crippen molar-refractivity contribution < 1.29 is 19.1 Å². The average molecular weight is 417 g/mol. The zero-order valence-corrected chi connectivity index (χ0v) is 18.3. The van der Waals surface area contributed by atoms with E-state index < -0.39 is 5.60 Å². The Kier molecular flexibility index (Phi) is 3.93. The molecule has 5 aliphatic rings. The molecule has 0 aromatic rings. The number of carbonyl (C=O) groups is 3. The lowest BCUT2D eigenvalue weighted by Gasteiger charge is -2.57. The van der Waals surface area contributed by atoms with Crippen molar-refractivity contribution in [2.24, 2.45) is 40.4 Å². The Morgan fingerprint density at radius 1 is 1.10 bits per heavy atom. The van der Waals surface area contributed by atoms with Crippen LogP contribution in [-0.2, 0) is 19.1 Å². The fraction of sp³-hybridized carbons (Fsp3) is 0.708. The highest BCUT2D eigenvalue weighted by atomic mass is 35.5. The number of hydrogen-bond acceptors (Lipinski definition) is 4. The number of esters is 1. The van der Waals surface area contributed by atoms with Crippen LogP contribution in [0.15, 0.2) is 22.8 Å². The van der Waals surface area contributed by atoms with E-state index in [9.17, 15) is 14.4 Å². The smallest absolute Gasteiger partial charge is 0.303 e. The van der Waals surface area contributed by atoms with Gasteiger partial charge in [0.25, 0.3) is 0 Å². The number of halogens is 1. The molecule has 0 saturated heterocycles. The van der Waals surface area contributed by atoms with E-state index in [1.165, 1.54) is 6.92 Å². The molecule has 0 N–H and O–H groups in total. The SMILES string of the molecule is CC(=O)O[C@]1(C(C)=O)CC[C@H]2[C@@H]3C=C(Cl)C4=CC(=O)[C@H]5C[C@H]5[C@@]4(C)[C@@H]3CC[C@@]21C. The predicted octanol–water partition coefficient (Wildman–Crippen LogP) is 4.61. The maximum absolute atomic E-state index is 12.8. The van der Waals surface area contributed by atoms with Gasteiger partial charge in [-0.1, -0.05) is 31.5 Å². The van der Waals surface area contributed by atoms with Crippen molar-refractivity contribution in [2.45, 2.75) is 65.4 Å². The van der Waals surface area contributed by atoms with E-state index in [-0.39, 0.29) is 46.1 Å². The molecular formula is C24H29ClO4. The normalized spacial score (nSPS) is 49.7. The number of ketones is 2. The van der Waals surface area contributed by atoms with E-state index in [0.717, 1.165) is 31.3 Å². The van der Waals surface area contributed by atoms with Crippen LogP contribution in [-0.4, -0.2) is 23.1 Å². The zero-order chi connectivity index (χ0) is 20.9. The van der Waals surface area contributed by atoms with E-state index in [1.807, 2.05) is 6.08 Å². The molecule has 5 heteroatoms. The summed E-state index contributed by atoms with van der Waals surface area (Å²) in [4.78, 5) is 37.1. The molecule has 0 unspecified atom stereocenters. The van der Waals surface area contributed by atoms with Gasteiger partial charge >= 0.3 is 5.97 Å². The van der Waals surface area contributed by atoms with Crippen LogP contribution in [0, 0.1) is 40.4 Å². The molecule has 8 atom stereocenters. The van der Waals surface area contributed by atoms with Crippen LogP contribution >= 0.6 is 11.6 Å². The largest absolute Gasteiger partial charge is 0.451 e. The fourth-order valence-electron chi connectivity index (χ4n) is 8.03. The van der Waals surface area contributed by atoms with Gasteiger partial charge in [0, 0.05) is 28.7 Å². The molecule has 0 spiro atoms. The number of Topliss-reactive ketones (excluding diaryl/α,β-unsaturated/α-hetero) is 1. The maximum atomic E-state index is 12.8. The van der Waals surface area contributed by atoms with Crippen molar-refractivity contribution in [3.8, 4) is 0 Å². The molecule has 0 aliphatic heterocycles. The summed E-state index contributed by atoms with van der Waals surface area (Å²) in [5, 5.41) is 0.713. The van der Waals surface area contributed by atoms with E-state index >= 15 is 0 Å². The number of ether oxygens (including phenoxy) is 1. The van der Waals surface area contributed by atoms with Crippen LogP contribution in [0.5, 0.6) is 0 Å². The van der Waals surface area contributed by atoms with E-state index in [1.54, 1.807) is 6.92 Å². The van der Waals surface area contributed by atoms with Crippen molar-refractivity contribution in [1.82, 2.24) is 0 Å². The molecule has 3 saturated carbocycles. The summed E-state index contributed by atoms with van der Waals surface area (Å²) in [6.45, 7) is 7.42. The number of fused-ring (bicyclic) bond motifs is 7. The highest BCUT2D eigenvalue weighted by Gasteiger charge is 2.70. The molecule has 4 nitrogen and oxygen atoms in total. The van der Waals surface area contributed by atoms with E-state index in [2.05, 4.69) is 19.9 Å². The second-order valence-electron chi connectivity index (χ2n) is 10.5. The summed E-state index contributed by atoms with van der Waals surface area (Å²) < 4.78 is 5.82. The summed E-state index contributed by atoms with van der Waals surface area (Å²) in [5.41, 5.74) is -0.455. The highest BCUT2D eigenvalue weighted by molar-refractivity contribution is 6.32. The van der Waals surface area contributed by atoms with E-state index in [4.69, 9.17) is 16.3 Å². The van der Waals surface area contributed by atoms with Crippen LogP contribution in [0.25, 0.3) is 0 Å². The van der Waals surface area contributed by atoms with Gasteiger partial charge in [0.05, 0.1) is 0 Å². The molecule has 3 fully saturated rings. The van der Waals surface area contributed by atoms with Gasteiger partial charge in [-0.3, -0.25) is 14.4 Å². The summed E-state index contributed by atoms with van der Waals surface area (Å²) in [6.07, 6.45) is 8.18. The quantitative estimate of drug-likeness (QED) is 0.617. The van der Waals surface area contributed by atoms with Crippen molar-refractivity contribution in [3.05, 3.63) is 22.8 Å². The summed E-state index contributed by atoms with van der Waals surface area (Å²) >= 11 is 6.79. The first-order valence-electron chi connectivity index (χ1n) is 10.9. The van der Waals surface area contributed by atoms with Crippen LogP contribution in [0.2, 0.25) is 0 Å². The molecule has 156 valence electrons.